The largest absolute Gasteiger partial charge is 0.337 e. The lowest BCUT2D eigenvalue weighted by molar-refractivity contribution is -0.384. The van der Waals surface area contributed by atoms with E-state index >= 15 is 0 Å². The first-order chi connectivity index (χ1) is 28.2. The second kappa shape index (κ2) is 19.4. The van der Waals surface area contributed by atoms with Gasteiger partial charge in [0.1, 0.15) is 6.29 Å². The first-order valence-corrected chi connectivity index (χ1v) is 21.6. The molecule has 6 aromatic rings. The van der Waals surface area contributed by atoms with Crippen LogP contribution in [0.2, 0.25) is 0 Å². The summed E-state index contributed by atoms with van der Waals surface area (Å²) in [5, 5.41) is 27.3. The van der Waals surface area contributed by atoms with Crippen LogP contribution >= 0.6 is 0 Å². The molecule has 0 saturated heterocycles. The Morgan fingerprint density at radius 2 is 1.05 bits per heavy atom. The third kappa shape index (κ3) is 8.71. The lowest BCUT2D eigenvalue weighted by atomic mass is 9.85. The fourth-order valence-electron chi connectivity index (χ4n) is 9.18. The smallest absolute Gasteiger partial charge is 0.270 e. The number of Topliss-reactive ketones (excluding diaryl/α,β-unsaturated/α-hetero) is 1. The van der Waals surface area contributed by atoms with Crippen molar-refractivity contribution >= 4 is 67.1 Å². The number of carbonyl (C=O) groups is 2. The minimum absolute atomic E-state index is 0.0129. The van der Waals surface area contributed by atoms with E-state index in [1.165, 1.54) is 0 Å². The average molecular weight is 787 g/mol. The third-order valence-corrected chi connectivity index (χ3v) is 12.3. The fraction of sp³-hybridized carbons (Fsp3) is 0.458. The highest BCUT2D eigenvalue weighted by Crippen LogP contribution is 2.41. The highest BCUT2D eigenvalue weighted by atomic mass is 16.6. The van der Waals surface area contributed by atoms with Gasteiger partial charge < -0.3 is 13.9 Å². The van der Waals surface area contributed by atoms with Crippen LogP contribution in [0.1, 0.15) is 158 Å². The number of carbonyl (C=O) groups excluding carboxylic acids is 2. The minimum atomic E-state index is -0.512. The van der Waals surface area contributed by atoms with E-state index in [0.29, 0.717) is 18.4 Å². The van der Waals surface area contributed by atoms with Crippen molar-refractivity contribution < 1.29 is 19.4 Å². The molecule has 3 unspecified atom stereocenters. The van der Waals surface area contributed by atoms with Gasteiger partial charge in [0.15, 0.2) is 5.78 Å². The quantitative estimate of drug-likeness (QED) is 0.0209. The Hall–Kier alpha value is -5.38. The van der Waals surface area contributed by atoms with E-state index in [0.717, 1.165) is 139 Å². The fourth-order valence-corrected chi connectivity index (χ4v) is 9.18. The Bertz CT molecular complexity index is 2430. The van der Waals surface area contributed by atoms with Gasteiger partial charge in [-0.3, -0.25) is 25.0 Å². The molecule has 0 spiro atoms. The van der Waals surface area contributed by atoms with Crippen LogP contribution in [0.15, 0.2) is 72.8 Å². The number of aromatic nitrogens is 2. The highest BCUT2D eigenvalue weighted by molar-refractivity contribution is 6.13. The number of non-ortho nitro benzene ring substituents is 2. The van der Waals surface area contributed by atoms with Gasteiger partial charge in [0, 0.05) is 97.9 Å². The van der Waals surface area contributed by atoms with Crippen LogP contribution in [0.3, 0.4) is 0 Å². The maximum Gasteiger partial charge on any atom is 0.270 e. The number of unbranched alkanes of at least 4 members (excludes halogenated alkanes) is 7. The summed E-state index contributed by atoms with van der Waals surface area (Å²) in [6.07, 6.45) is 14.8. The molecular weight excluding hydrogens is 729 g/mol. The zero-order valence-electron chi connectivity index (χ0n) is 34.6. The van der Waals surface area contributed by atoms with Gasteiger partial charge in [0.2, 0.25) is 0 Å². The van der Waals surface area contributed by atoms with Crippen molar-refractivity contribution in [2.24, 2.45) is 0 Å². The van der Waals surface area contributed by atoms with Crippen LogP contribution in [0.4, 0.5) is 11.4 Å². The summed E-state index contributed by atoms with van der Waals surface area (Å²) in [5.74, 6) is -0.555. The second-order valence-electron chi connectivity index (χ2n) is 16.0. The molecule has 0 aliphatic carbocycles. The monoisotopic (exact) mass is 786 g/mol. The number of ketones is 1. The predicted molar refractivity (Wildman–Crippen MR) is 235 cm³/mol. The van der Waals surface area contributed by atoms with Gasteiger partial charge in [0.05, 0.1) is 9.85 Å². The van der Waals surface area contributed by atoms with E-state index in [4.69, 9.17) is 0 Å². The van der Waals surface area contributed by atoms with E-state index in [2.05, 4.69) is 55.0 Å². The molecule has 0 saturated carbocycles. The van der Waals surface area contributed by atoms with Crippen LogP contribution in [-0.4, -0.2) is 31.1 Å². The number of hydrogen-bond donors (Lipinski definition) is 0. The molecule has 0 bridgehead atoms. The lowest BCUT2D eigenvalue weighted by Crippen LogP contribution is -2.14. The van der Waals surface area contributed by atoms with Gasteiger partial charge in [0.25, 0.3) is 11.4 Å². The molecule has 6 rings (SSSR count). The summed E-state index contributed by atoms with van der Waals surface area (Å²) in [5.41, 5.74) is 5.26. The van der Waals surface area contributed by atoms with E-state index in [1.54, 1.807) is 24.3 Å². The molecule has 0 amide bonds. The molecule has 10 nitrogen and oxygen atoms in total. The summed E-state index contributed by atoms with van der Waals surface area (Å²) >= 11 is 0. The molecule has 306 valence electrons. The lowest BCUT2D eigenvalue weighted by Gasteiger charge is -2.21. The molecule has 3 atom stereocenters. The zero-order valence-corrected chi connectivity index (χ0v) is 34.6. The Morgan fingerprint density at radius 1 is 0.586 bits per heavy atom. The maximum atomic E-state index is 15.0. The van der Waals surface area contributed by atoms with E-state index in [9.17, 15) is 29.8 Å². The molecule has 10 heteroatoms. The van der Waals surface area contributed by atoms with Gasteiger partial charge in [-0.1, -0.05) is 85.1 Å². The average Bonchev–Trinajstić information content (AvgIpc) is 3.73. The summed E-state index contributed by atoms with van der Waals surface area (Å²) in [7, 11) is 0. The number of hydrogen-bond acceptors (Lipinski definition) is 6. The zero-order chi connectivity index (χ0) is 41.3. The second-order valence-corrected chi connectivity index (χ2v) is 16.0. The van der Waals surface area contributed by atoms with Crippen molar-refractivity contribution in [1.29, 1.82) is 0 Å². The van der Waals surface area contributed by atoms with Gasteiger partial charge in [-0.25, -0.2) is 0 Å². The molecule has 4 aromatic carbocycles. The van der Waals surface area contributed by atoms with Crippen LogP contribution in [0.5, 0.6) is 0 Å². The molecule has 0 radical (unpaired) electrons. The molecule has 2 aromatic heterocycles. The first kappa shape index (κ1) is 42.2. The molecule has 0 fully saturated rings. The summed E-state index contributed by atoms with van der Waals surface area (Å²) in [6, 6.07) is 22.7. The van der Waals surface area contributed by atoms with Crippen LogP contribution in [0, 0.1) is 20.2 Å². The Morgan fingerprint density at radius 3 is 1.53 bits per heavy atom. The van der Waals surface area contributed by atoms with E-state index in [-0.39, 0.29) is 39.1 Å². The SMILES string of the molecule is CCCCCC(CC)n1c2ccc(C(=O)C(CCCCCC=O)c3ccc4c(c3)c3cc([N+](=O)[O-])ccc3n4C(CC)CCCCC)cc2c2cc([N+](=O)[O-])ccc21. The highest BCUT2D eigenvalue weighted by Gasteiger charge is 2.27. The van der Waals surface area contributed by atoms with Crippen LogP contribution < -0.4 is 0 Å². The number of nitro groups is 2. The van der Waals surface area contributed by atoms with Crippen molar-refractivity contribution in [2.75, 3.05) is 0 Å². The number of nitrogens with zero attached hydrogens (tertiary/aromatic N) is 4. The predicted octanol–water partition coefficient (Wildman–Crippen LogP) is 13.9. The normalized spacial score (nSPS) is 13.4. The van der Waals surface area contributed by atoms with Crippen molar-refractivity contribution in [3.8, 4) is 0 Å². The molecule has 58 heavy (non-hydrogen) atoms. The van der Waals surface area contributed by atoms with Gasteiger partial charge in [-0.05, 0) is 86.6 Å². The van der Waals surface area contributed by atoms with E-state index < -0.39 is 5.92 Å². The molecular formula is C48H58N4O6. The first-order valence-electron chi connectivity index (χ1n) is 21.6. The van der Waals surface area contributed by atoms with Crippen LogP contribution in [-0.2, 0) is 4.79 Å². The van der Waals surface area contributed by atoms with Gasteiger partial charge in [-0.2, -0.15) is 0 Å². The van der Waals surface area contributed by atoms with Crippen molar-refractivity contribution in [1.82, 2.24) is 9.13 Å². The molecule has 0 aliphatic heterocycles. The maximum absolute atomic E-state index is 15.0. The summed E-state index contributed by atoms with van der Waals surface area (Å²) < 4.78 is 4.66. The topological polar surface area (TPSA) is 130 Å². The van der Waals surface area contributed by atoms with Gasteiger partial charge in [-0.15, -0.1) is 0 Å². The number of fused-ring (bicyclic) bond motifs is 6. The minimum Gasteiger partial charge on any atom is -0.337 e. The summed E-state index contributed by atoms with van der Waals surface area (Å²) in [6.45, 7) is 8.76. The Balaban J connectivity index is 1.49. The Kier molecular flexibility index (Phi) is 14.1. The third-order valence-electron chi connectivity index (χ3n) is 12.3. The van der Waals surface area contributed by atoms with Crippen molar-refractivity contribution in [3.63, 3.8) is 0 Å². The number of nitro benzene ring substituents is 2. The molecule has 2 heterocycles. The standard InChI is InChI=1S/C48H58N4O6/c1-5-9-13-17-35(7-3)49-44-24-20-33(29-40(44)42-31-37(51(55)56)22-26-46(42)49)39(19-15-11-12-16-28-53)48(54)34-21-25-45-41(30-34)43-32-38(52(57)58)23-27-47(43)50(45)36(8-4)18-14-10-6-2/h20-32,35-36,39H,5-19H2,1-4H3. The molecule has 0 N–H and O–H groups in total. The van der Waals surface area contributed by atoms with Crippen LogP contribution in [0.25, 0.3) is 43.6 Å². The number of rotatable bonds is 23. The van der Waals surface area contributed by atoms with Crippen molar-refractivity contribution in [2.45, 2.75) is 142 Å². The molecule has 0 aliphatic rings. The Labute approximate surface area is 340 Å². The number of benzene rings is 4. The summed E-state index contributed by atoms with van der Waals surface area (Å²) in [4.78, 5) is 49.3. The number of aldehydes is 1. The van der Waals surface area contributed by atoms with Crippen molar-refractivity contribution in [3.05, 3.63) is 104 Å². The van der Waals surface area contributed by atoms with Gasteiger partial charge >= 0.3 is 0 Å². The van der Waals surface area contributed by atoms with E-state index in [1.807, 2.05) is 30.3 Å².